The average molecular weight is 382 g/mol. The van der Waals surface area contributed by atoms with Gasteiger partial charge in [-0.1, -0.05) is 77.9 Å². The quantitative estimate of drug-likeness (QED) is 0.468. The van der Waals surface area contributed by atoms with Gasteiger partial charge in [-0.2, -0.15) is 0 Å². The van der Waals surface area contributed by atoms with Gasteiger partial charge in [0, 0.05) is 5.56 Å². The highest BCUT2D eigenvalue weighted by Crippen LogP contribution is 2.38. The van der Waals surface area contributed by atoms with E-state index < -0.39 is 12.0 Å². The first kappa shape index (κ1) is 21.8. The molecule has 0 fully saturated rings. The first-order valence-corrected chi connectivity index (χ1v) is 9.59. The van der Waals surface area contributed by atoms with Crippen LogP contribution >= 0.6 is 0 Å². The largest absolute Gasteiger partial charge is 0.424 e. The molecule has 150 valence electrons. The zero-order chi connectivity index (χ0) is 21.1. The molecule has 2 aromatic carbocycles. The van der Waals surface area contributed by atoms with Gasteiger partial charge in [-0.15, -0.1) is 0 Å². The number of carbonyl (C=O) groups excluding carboxylic acids is 2. The Hall–Kier alpha value is -2.46. The summed E-state index contributed by atoms with van der Waals surface area (Å²) in [5.74, 6) is -0.232. The third-order valence-electron chi connectivity index (χ3n) is 4.72. The Balaban J connectivity index is 2.40. The topological polar surface area (TPSA) is 69.4 Å². The van der Waals surface area contributed by atoms with Crippen molar-refractivity contribution in [2.45, 2.75) is 64.8 Å². The lowest BCUT2D eigenvalue weighted by Crippen LogP contribution is -2.37. The third kappa shape index (κ3) is 5.29. The molecule has 0 aromatic heterocycles. The lowest BCUT2D eigenvalue weighted by atomic mass is 9.79. The van der Waals surface area contributed by atoms with Gasteiger partial charge >= 0.3 is 5.97 Å². The summed E-state index contributed by atoms with van der Waals surface area (Å²) in [6.07, 6.45) is 1.12. The number of rotatable bonds is 5. The van der Waals surface area contributed by atoms with E-state index in [9.17, 15) is 9.59 Å². The van der Waals surface area contributed by atoms with Crippen molar-refractivity contribution in [2.75, 3.05) is 0 Å². The van der Waals surface area contributed by atoms with Gasteiger partial charge in [0.25, 0.3) is 0 Å². The van der Waals surface area contributed by atoms with E-state index in [4.69, 9.17) is 10.5 Å². The van der Waals surface area contributed by atoms with Crippen molar-refractivity contribution < 1.29 is 14.3 Å². The van der Waals surface area contributed by atoms with E-state index in [0.717, 1.165) is 23.0 Å². The fourth-order valence-electron chi connectivity index (χ4n) is 2.97. The van der Waals surface area contributed by atoms with E-state index in [1.165, 1.54) is 0 Å². The van der Waals surface area contributed by atoms with Crippen LogP contribution in [-0.4, -0.2) is 18.3 Å². The molecule has 0 aliphatic rings. The number of nitrogens with two attached hydrogens (primary N) is 1. The predicted molar refractivity (Wildman–Crippen MR) is 113 cm³/mol. The number of benzene rings is 2. The monoisotopic (exact) mass is 381 g/mol. The smallest absolute Gasteiger partial charge is 0.328 e. The minimum Gasteiger partial charge on any atom is -0.424 e. The zero-order valence-electron chi connectivity index (χ0n) is 17.7. The Morgan fingerprint density at radius 2 is 1.64 bits per heavy atom. The summed E-state index contributed by atoms with van der Waals surface area (Å²) < 4.78 is 5.70. The highest BCUT2D eigenvalue weighted by atomic mass is 16.5. The maximum Gasteiger partial charge on any atom is 0.328 e. The Morgan fingerprint density at radius 3 is 2.14 bits per heavy atom. The molecule has 0 amide bonds. The first-order valence-electron chi connectivity index (χ1n) is 9.59. The molecule has 0 aliphatic carbocycles. The molecule has 1 atom stereocenters. The fourth-order valence-corrected chi connectivity index (χ4v) is 2.97. The molecule has 0 saturated carbocycles. The van der Waals surface area contributed by atoms with Crippen molar-refractivity contribution in [2.24, 2.45) is 5.73 Å². The van der Waals surface area contributed by atoms with Crippen LogP contribution in [0.1, 0.15) is 68.6 Å². The van der Waals surface area contributed by atoms with Crippen LogP contribution in [0.5, 0.6) is 5.75 Å². The van der Waals surface area contributed by atoms with Gasteiger partial charge < -0.3 is 10.5 Å². The van der Waals surface area contributed by atoms with Crippen molar-refractivity contribution in [3.8, 4) is 5.75 Å². The number of ether oxygens (including phenoxy) is 1. The Labute approximate surface area is 168 Å². The van der Waals surface area contributed by atoms with Gasteiger partial charge in [0.1, 0.15) is 11.8 Å². The number of esters is 1. The van der Waals surface area contributed by atoms with Crippen LogP contribution in [0.25, 0.3) is 0 Å². The van der Waals surface area contributed by atoms with Crippen molar-refractivity contribution >= 4 is 12.3 Å². The van der Waals surface area contributed by atoms with E-state index in [2.05, 4.69) is 20.8 Å². The van der Waals surface area contributed by atoms with Gasteiger partial charge in [-0.05, 0) is 34.4 Å². The predicted octanol–water partition coefficient (Wildman–Crippen LogP) is 4.57. The van der Waals surface area contributed by atoms with Crippen LogP contribution in [0.4, 0.5) is 0 Å². The van der Waals surface area contributed by atoms with Crippen LogP contribution in [-0.2, 0) is 22.0 Å². The molecule has 2 aromatic rings. The maximum atomic E-state index is 12.7. The van der Waals surface area contributed by atoms with E-state index in [0.29, 0.717) is 17.7 Å². The van der Waals surface area contributed by atoms with E-state index in [1.807, 2.05) is 57.2 Å². The molecule has 4 nitrogen and oxygen atoms in total. The van der Waals surface area contributed by atoms with Crippen LogP contribution in [0.3, 0.4) is 0 Å². The number of hydrogen-bond donors (Lipinski definition) is 1. The SMILES string of the molecule is CC(C)(C)c1cc(C=O)c(OC(=O)[C@H](N)Cc2ccccc2)c(C(C)(C)C)c1. The second-order valence-corrected chi connectivity index (χ2v) is 9.28. The lowest BCUT2D eigenvalue weighted by Gasteiger charge is -2.28. The normalized spacial score (nSPS) is 13.1. The van der Waals surface area contributed by atoms with Crippen molar-refractivity contribution in [3.05, 3.63) is 64.7 Å². The molecular formula is C24H31NO3. The Bertz CT molecular complexity index is 843. The van der Waals surface area contributed by atoms with Crippen LogP contribution in [0.15, 0.2) is 42.5 Å². The van der Waals surface area contributed by atoms with Gasteiger partial charge in [-0.3, -0.25) is 4.79 Å². The number of hydrogen-bond acceptors (Lipinski definition) is 4. The fraction of sp³-hybridized carbons (Fsp3) is 0.417. The van der Waals surface area contributed by atoms with Crippen molar-refractivity contribution in [3.63, 3.8) is 0 Å². The third-order valence-corrected chi connectivity index (χ3v) is 4.72. The maximum absolute atomic E-state index is 12.7. The summed E-state index contributed by atoms with van der Waals surface area (Å²) in [5, 5.41) is 0. The van der Waals surface area contributed by atoms with Crippen LogP contribution in [0, 0.1) is 0 Å². The molecule has 0 aliphatic heterocycles. The minimum atomic E-state index is -0.808. The van der Waals surface area contributed by atoms with Gasteiger partial charge in [0.15, 0.2) is 6.29 Å². The molecule has 4 heteroatoms. The molecule has 2 N–H and O–H groups in total. The number of aldehydes is 1. The molecular weight excluding hydrogens is 350 g/mol. The first-order chi connectivity index (χ1) is 12.9. The summed E-state index contributed by atoms with van der Waals surface area (Å²) in [6.45, 7) is 12.4. The summed E-state index contributed by atoms with van der Waals surface area (Å²) in [7, 11) is 0. The van der Waals surface area contributed by atoms with Gasteiger partial charge in [0.2, 0.25) is 0 Å². The summed E-state index contributed by atoms with van der Waals surface area (Å²) >= 11 is 0. The van der Waals surface area contributed by atoms with E-state index >= 15 is 0 Å². The second kappa shape index (κ2) is 8.27. The molecule has 2 rings (SSSR count). The van der Waals surface area contributed by atoms with Crippen molar-refractivity contribution in [1.82, 2.24) is 0 Å². The summed E-state index contributed by atoms with van der Waals surface area (Å²) in [4.78, 5) is 24.5. The second-order valence-electron chi connectivity index (χ2n) is 9.28. The van der Waals surface area contributed by atoms with Crippen molar-refractivity contribution in [1.29, 1.82) is 0 Å². The standard InChI is InChI=1S/C24H31NO3/c1-23(2,3)18-13-17(15-26)21(19(14-18)24(4,5)6)28-22(27)20(25)12-16-10-8-7-9-11-16/h7-11,13-15,20H,12,25H2,1-6H3/t20-/m1/s1. The molecule has 0 radical (unpaired) electrons. The highest BCUT2D eigenvalue weighted by Gasteiger charge is 2.28. The zero-order valence-corrected chi connectivity index (χ0v) is 17.7. The van der Waals surface area contributed by atoms with Gasteiger partial charge in [-0.25, -0.2) is 4.79 Å². The minimum absolute atomic E-state index is 0.135. The molecule has 28 heavy (non-hydrogen) atoms. The van der Waals surface area contributed by atoms with Gasteiger partial charge in [0.05, 0.1) is 5.56 Å². The van der Waals surface area contributed by atoms with Crippen LogP contribution in [0.2, 0.25) is 0 Å². The molecule has 0 bridgehead atoms. The molecule has 0 saturated heterocycles. The summed E-state index contributed by atoms with van der Waals surface area (Å²) in [5.41, 5.74) is 8.82. The Kier molecular flexibility index (Phi) is 6.45. The number of carbonyl (C=O) groups is 2. The molecule has 0 spiro atoms. The highest BCUT2D eigenvalue weighted by molar-refractivity contribution is 5.86. The summed E-state index contributed by atoms with van der Waals surface area (Å²) in [6, 6.07) is 12.6. The molecule has 0 unspecified atom stereocenters. The molecule has 0 heterocycles. The average Bonchev–Trinajstić information content (AvgIpc) is 2.60. The van der Waals surface area contributed by atoms with Crippen LogP contribution < -0.4 is 10.5 Å². The van der Waals surface area contributed by atoms with E-state index in [-0.39, 0.29) is 10.8 Å². The Morgan fingerprint density at radius 1 is 1.04 bits per heavy atom. The lowest BCUT2D eigenvalue weighted by molar-refractivity contribution is -0.135. The van der Waals surface area contributed by atoms with E-state index in [1.54, 1.807) is 6.07 Å².